The normalized spacial score (nSPS) is 18.3. The van der Waals surface area contributed by atoms with Crippen LogP contribution in [0.3, 0.4) is 0 Å². The molecule has 1 fully saturated rings. The first kappa shape index (κ1) is 22.5. The van der Waals surface area contributed by atoms with Gasteiger partial charge in [0.05, 0.1) is 6.04 Å². The Hall–Kier alpha value is -2.67. The summed E-state index contributed by atoms with van der Waals surface area (Å²) in [6.07, 6.45) is 6.42. The molecule has 2 heterocycles. The van der Waals surface area contributed by atoms with Crippen LogP contribution in [-0.4, -0.2) is 47.9 Å². The number of hydrogen-bond donors (Lipinski definition) is 0. The quantitative estimate of drug-likeness (QED) is 0.546. The molecule has 1 atom stereocenters. The van der Waals surface area contributed by atoms with Gasteiger partial charge in [0.1, 0.15) is 24.7 Å². The van der Waals surface area contributed by atoms with Gasteiger partial charge in [-0.2, -0.15) is 0 Å². The Morgan fingerprint density at radius 2 is 1.97 bits per heavy atom. The van der Waals surface area contributed by atoms with Gasteiger partial charge in [-0.3, -0.25) is 9.59 Å². The van der Waals surface area contributed by atoms with Gasteiger partial charge in [-0.25, -0.2) is 4.39 Å². The fourth-order valence-corrected chi connectivity index (χ4v) is 5.58. The van der Waals surface area contributed by atoms with Crippen molar-refractivity contribution in [2.45, 2.75) is 38.1 Å². The van der Waals surface area contributed by atoms with E-state index in [1.807, 2.05) is 16.3 Å². The zero-order valence-corrected chi connectivity index (χ0v) is 19.0. The van der Waals surface area contributed by atoms with E-state index in [1.165, 1.54) is 17.0 Å². The van der Waals surface area contributed by atoms with Crippen LogP contribution < -0.4 is 4.74 Å². The van der Waals surface area contributed by atoms with Crippen molar-refractivity contribution in [1.82, 2.24) is 9.80 Å². The molecule has 1 saturated carbocycles. The van der Waals surface area contributed by atoms with Gasteiger partial charge in [0.2, 0.25) is 11.8 Å². The minimum absolute atomic E-state index is 0.0187. The predicted molar refractivity (Wildman–Crippen MR) is 123 cm³/mol. The van der Waals surface area contributed by atoms with E-state index in [9.17, 15) is 14.0 Å². The van der Waals surface area contributed by atoms with E-state index in [2.05, 4.69) is 6.58 Å². The Labute approximate surface area is 192 Å². The lowest BCUT2D eigenvalue weighted by Crippen LogP contribution is -2.48. The number of thiophene rings is 1. The van der Waals surface area contributed by atoms with Crippen LogP contribution in [0, 0.1) is 11.7 Å². The molecule has 1 aromatic carbocycles. The van der Waals surface area contributed by atoms with Crippen molar-refractivity contribution in [2.24, 2.45) is 5.92 Å². The van der Waals surface area contributed by atoms with Crippen molar-refractivity contribution in [3.8, 4) is 5.75 Å². The first-order valence-electron chi connectivity index (χ1n) is 11.2. The molecule has 2 amide bonds. The Balaban J connectivity index is 1.48. The highest BCUT2D eigenvalue weighted by Gasteiger charge is 2.34. The molecule has 1 aromatic heterocycles. The largest absolute Gasteiger partial charge is 0.491 e. The maximum Gasteiger partial charge on any atom is 0.242 e. The molecule has 7 heteroatoms. The lowest BCUT2D eigenvalue weighted by Gasteiger charge is -2.37. The summed E-state index contributed by atoms with van der Waals surface area (Å²) in [5, 5.41) is 2.04. The third-order valence-electron chi connectivity index (χ3n) is 6.33. The molecule has 1 aliphatic carbocycles. The topological polar surface area (TPSA) is 49.9 Å². The monoisotopic (exact) mass is 456 g/mol. The zero-order valence-electron chi connectivity index (χ0n) is 18.2. The Morgan fingerprint density at radius 3 is 2.69 bits per heavy atom. The Kier molecular flexibility index (Phi) is 7.25. The number of halogens is 1. The Bertz CT molecular complexity index is 952. The third-order valence-corrected chi connectivity index (χ3v) is 7.32. The van der Waals surface area contributed by atoms with Crippen LogP contribution in [0.25, 0.3) is 0 Å². The van der Waals surface area contributed by atoms with Gasteiger partial charge in [-0.05, 0) is 60.5 Å². The van der Waals surface area contributed by atoms with Crippen LogP contribution in [0.1, 0.15) is 42.2 Å². The van der Waals surface area contributed by atoms with Crippen LogP contribution in [-0.2, 0) is 16.0 Å². The summed E-state index contributed by atoms with van der Waals surface area (Å²) < 4.78 is 19.2. The number of nitrogens with zero attached hydrogens (tertiary/aromatic N) is 2. The summed E-state index contributed by atoms with van der Waals surface area (Å²) in [5.41, 5.74) is 1.09. The van der Waals surface area contributed by atoms with Crippen LogP contribution in [0.15, 0.2) is 48.4 Å². The van der Waals surface area contributed by atoms with Gasteiger partial charge in [-0.15, -0.1) is 17.9 Å². The number of amides is 2. The average Bonchev–Trinajstić information content (AvgIpc) is 3.50. The molecule has 2 aromatic rings. The number of rotatable bonds is 8. The minimum atomic E-state index is -0.318. The molecule has 0 spiro atoms. The van der Waals surface area contributed by atoms with Gasteiger partial charge in [0.25, 0.3) is 0 Å². The Morgan fingerprint density at radius 1 is 1.22 bits per heavy atom. The van der Waals surface area contributed by atoms with Crippen molar-refractivity contribution >= 4 is 23.2 Å². The van der Waals surface area contributed by atoms with Crippen molar-refractivity contribution in [2.75, 3.05) is 26.2 Å². The van der Waals surface area contributed by atoms with E-state index in [0.717, 1.165) is 37.7 Å². The molecule has 0 bridgehead atoms. The molecule has 32 heavy (non-hydrogen) atoms. The molecule has 1 aliphatic heterocycles. The summed E-state index contributed by atoms with van der Waals surface area (Å²) in [4.78, 5) is 31.1. The summed E-state index contributed by atoms with van der Waals surface area (Å²) in [6.45, 7) is 5.06. The van der Waals surface area contributed by atoms with E-state index < -0.39 is 0 Å². The second kappa shape index (κ2) is 10.3. The molecule has 0 N–H and O–H groups in total. The molecule has 0 saturated heterocycles. The van der Waals surface area contributed by atoms with E-state index >= 15 is 0 Å². The van der Waals surface area contributed by atoms with Gasteiger partial charge >= 0.3 is 0 Å². The van der Waals surface area contributed by atoms with Crippen LogP contribution in [0.2, 0.25) is 0 Å². The summed E-state index contributed by atoms with van der Waals surface area (Å²) in [6, 6.07) is 7.70. The predicted octanol–water partition coefficient (Wildman–Crippen LogP) is 4.60. The molecule has 2 aliphatic rings. The molecule has 5 nitrogen and oxygen atoms in total. The van der Waals surface area contributed by atoms with E-state index in [-0.39, 0.29) is 42.7 Å². The van der Waals surface area contributed by atoms with Crippen LogP contribution in [0.5, 0.6) is 5.75 Å². The van der Waals surface area contributed by atoms with E-state index in [0.29, 0.717) is 18.8 Å². The molecular formula is C25H29FN2O3S. The molecule has 0 radical (unpaired) electrons. The minimum Gasteiger partial charge on any atom is -0.491 e. The third kappa shape index (κ3) is 5.04. The first-order valence-corrected chi connectivity index (χ1v) is 12.1. The molecule has 170 valence electrons. The number of benzene rings is 1. The standard InChI is InChI=1S/C25H29FN2O3S/c1-2-13-27(25(30)18-5-3-4-6-18)16-24(29)28-14-11-23-21(12-15-32-23)22(28)17-31-20-9-7-19(26)8-10-20/h2,7-10,12,15,18,22H,1,3-6,11,13-14,16-17H2. The average molecular weight is 457 g/mol. The second-order valence-corrected chi connectivity index (χ2v) is 9.41. The highest BCUT2D eigenvalue weighted by Crippen LogP contribution is 2.34. The number of ether oxygens (including phenoxy) is 1. The van der Waals surface area contributed by atoms with Crippen molar-refractivity contribution in [1.29, 1.82) is 0 Å². The van der Waals surface area contributed by atoms with Gasteiger partial charge in [0.15, 0.2) is 0 Å². The highest BCUT2D eigenvalue weighted by molar-refractivity contribution is 7.10. The summed E-state index contributed by atoms with van der Waals surface area (Å²) in [7, 11) is 0. The number of carbonyl (C=O) groups excluding carboxylic acids is 2. The number of carbonyl (C=O) groups is 2. The fourth-order valence-electron chi connectivity index (χ4n) is 4.65. The smallest absolute Gasteiger partial charge is 0.242 e. The summed E-state index contributed by atoms with van der Waals surface area (Å²) >= 11 is 1.69. The van der Waals surface area contributed by atoms with Crippen molar-refractivity contribution in [3.63, 3.8) is 0 Å². The number of fused-ring (bicyclic) bond motifs is 1. The van der Waals surface area contributed by atoms with Crippen LogP contribution in [0.4, 0.5) is 4.39 Å². The van der Waals surface area contributed by atoms with Gasteiger partial charge < -0.3 is 14.5 Å². The zero-order chi connectivity index (χ0) is 22.5. The van der Waals surface area contributed by atoms with E-state index in [4.69, 9.17) is 4.74 Å². The number of hydrogen-bond acceptors (Lipinski definition) is 4. The van der Waals surface area contributed by atoms with E-state index in [1.54, 1.807) is 34.4 Å². The highest BCUT2D eigenvalue weighted by atomic mass is 32.1. The van der Waals surface area contributed by atoms with Crippen molar-refractivity contribution < 1.29 is 18.7 Å². The SMILES string of the molecule is C=CCN(CC(=O)N1CCc2sccc2C1COc1ccc(F)cc1)C(=O)C1CCCC1. The fraction of sp³-hybridized carbons (Fsp3) is 0.440. The molecular weight excluding hydrogens is 427 g/mol. The lowest BCUT2D eigenvalue weighted by molar-refractivity contribution is -0.144. The maximum atomic E-state index is 13.4. The molecule has 1 unspecified atom stereocenters. The lowest BCUT2D eigenvalue weighted by atomic mass is 10.00. The molecule has 4 rings (SSSR count). The first-order chi connectivity index (χ1) is 15.6. The van der Waals surface area contributed by atoms with Gasteiger partial charge in [-0.1, -0.05) is 18.9 Å². The second-order valence-electron chi connectivity index (χ2n) is 8.41. The maximum absolute atomic E-state index is 13.4. The van der Waals surface area contributed by atoms with Gasteiger partial charge in [0, 0.05) is 23.9 Å². The van der Waals surface area contributed by atoms with Crippen molar-refractivity contribution in [3.05, 3.63) is 64.6 Å². The van der Waals surface area contributed by atoms with Crippen LogP contribution >= 0.6 is 11.3 Å². The summed E-state index contributed by atoms with van der Waals surface area (Å²) in [5.74, 6) is 0.239.